The van der Waals surface area contributed by atoms with Crippen LogP contribution in [0.15, 0.2) is 35.1 Å². The summed E-state index contributed by atoms with van der Waals surface area (Å²) >= 11 is 0. The van der Waals surface area contributed by atoms with Crippen LogP contribution < -0.4 is 5.73 Å². The third-order valence-electron chi connectivity index (χ3n) is 3.16. The molecule has 1 aromatic carbocycles. The summed E-state index contributed by atoms with van der Waals surface area (Å²) in [6.45, 7) is 1.22. The van der Waals surface area contributed by atoms with E-state index in [1.807, 2.05) is 12.1 Å². The zero-order chi connectivity index (χ0) is 11.7. The minimum Gasteiger partial charge on any atom is -0.372 e. The Morgan fingerprint density at radius 2 is 2.29 bits per heavy atom. The molecule has 0 radical (unpaired) electrons. The molecule has 0 bridgehead atoms. The van der Waals surface area contributed by atoms with E-state index in [0.29, 0.717) is 13.2 Å². The highest BCUT2D eigenvalue weighted by atomic mass is 16.5. The molecule has 0 amide bonds. The van der Waals surface area contributed by atoms with Crippen molar-refractivity contribution >= 4 is 0 Å². The Balaban J connectivity index is 2.12. The molecule has 1 aliphatic rings. The lowest BCUT2D eigenvalue weighted by Crippen LogP contribution is -2.23. The Kier molecular flexibility index (Phi) is 2.66. The third kappa shape index (κ3) is 1.75. The fourth-order valence-corrected chi connectivity index (χ4v) is 2.36. The van der Waals surface area contributed by atoms with Crippen molar-refractivity contribution < 1.29 is 9.26 Å². The second-order valence-corrected chi connectivity index (χ2v) is 4.10. The summed E-state index contributed by atoms with van der Waals surface area (Å²) in [5.41, 5.74) is 10.2. The predicted octanol–water partition coefficient (Wildman–Crippen LogP) is 1.91. The average Bonchev–Trinajstić information content (AvgIpc) is 2.91. The molecule has 2 aromatic rings. The van der Waals surface area contributed by atoms with Gasteiger partial charge in [-0.05, 0) is 17.5 Å². The van der Waals surface area contributed by atoms with Crippen LogP contribution in [-0.4, -0.2) is 18.3 Å². The number of nitrogens with zero attached hydrogens (tertiary/aromatic N) is 1. The summed E-state index contributed by atoms with van der Waals surface area (Å²) in [5, 5.41) is 4.00. The smallest absolute Gasteiger partial charge is 0.124 e. The molecule has 1 aliphatic heterocycles. The van der Waals surface area contributed by atoms with Crippen LogP contribution in [0.25, 0.3) is 11.3 Å². The van der Waals surface area contributed by atoms with Crippen LogP contribution in [0, 0.1) is 0 Å². The van der Waals surface area contributed by atoms with Crippen LogP contribution in [0.3, 0.4) is 0 Å². The maximum atomic E-state index is 5.73. The van der Waals surface area contributed by atoms with Crippen LogP contribution in [0.2, 0.25) is 0 Å². The number of fused-ring (bicyclic) bond motifs is 1. The summed E-state index contributed by atoms with van der Waals surface area (Å²) < 4.78 is 10.6. The van der Waals surface area contributed by atoms with Gasteiger partial charge in [-0.3, -0.25) is 0 Å². The molecule has 0 spiro atoms. The number of ether oxygens (including phenoxy) is 1. The summed E-state index contributed by atoms with van der Waals surface area (Å²) in [4.78, 5) is 0. The van der Waals surface area contributed by atoms with E-state index in [1.54, 1.807) is 6.26 Å². The fraction of sp³-hybridized carbons (Fsp3) is 0.308. The molecule has 2 heterocycles. The van der Waals surface area contributed by atoms with Gasteiger partial charge in [-0.15, -0.1) is 0 Å². The Hall–Kier alpha value is -1.65. The van der Waals surface area contributed by atoms with Gasteiger partial charge in [-0.25, -0.2) is 0 Å². The Bertz CT molecular complexity index is 508. The number of nitrogens with two attached hydrogens (primary N) is 1. The maximum Gasteiger partial charge on any atom is 0.124 e. The van der Waals surface area contributed by atoms with Gasteiger partial charge >= 0.3 is 0 Å². The molecule has 4 heteroatoms. The molecule has 1 aromatic heterocycles. The van der Waals surface area contributed by atoms with E-state index in [4.69, 9.17) is 15.0 Å². The molecule has 0 fully saturated rings. The highest BCUT2D eigenvalue weighted by Crippen LogP contribution is 2.33. The minimum atomic E-state index is 0.00519. The van der Waals surface area contributed by atoms with E-state index in [9.17, 15) is 0 Å². The van der Waals surface area contributed by atoms with Crippen molar-refractivity contribution in [3.63, 3.8) is 0 Å². The predicted molar refractivity (Wildman–Crippen MR) is 63.4 cm³/mol. The lowest BCUT2D eigenvalue weighted by Gasteiger charge is -2.26. The zero-order valence-electron chi connectivity index (χ0n) is 9.43. The molecule has 17 heavy (non-hydrogen) atoms. The molecule has 88 valence electrons. The van der Waals surface area contributed by atoms with Crippen molar-refractivity contribution in [1.29, 1.82) is 0 Å². The van der Waals surface area contributed by atoms with Crippen LogP contribution in [0.5, 0.6) is 0 Å². The lowest BCUT2D eigenvalue weighted by molar-refractivity contribution is 0.0486. The Morgan fingerprint density at radius 1 is 1.35 bits per heavy atom. The van der Waals surface area contributed by atoms with Gasteiger partial charge in [0.2, 0.25) is 0 Å². The topological polar surface area (TPSA) is 61.3 Å². The number of benzene rings is 1. The first-order valence-corrected chi connectivity index (χ1v) is 5.74. The summed E-state index contributed by atoms with van der Waals surface area (Å²) in [5.74, 6) is 0. The maximum absolute atomic E-state index is 5.73. The normalized spacial score (nSPS) is 19.0. The second-order valence-electron chi connectivity index (χ2n) is 4.10. The molecule has 1 atom stereocenters. The highest BCUT2D eigenvalue weighted by molar-refractivity contribution is 5.65. The quantitative estimate of drug-likeness (QED) is 0.856. The molecule has 0 saturated carbocycles. The van der Waals surface area contributed by atoms with Gasteiger partial charge in [0.1, 0.15) is 12.0 Å². The number of rotatable bonds is 2. The van der Waals surface area contributed by atoms with Crippen molar-refractivity contribution in [2.75, 3.05) is 13.2 Å². The van der Waals surface area contributed by atoms with Crippen LogP contribution in [0.1, 0.15) is 17.2 Å². The summed E-state index contributed by atoms with van der Waals surface area (Å²) in [6.07, 6.45) is 2.49. The Morgan fingerprint density at radius 3 is 3.06 bits per heavy atom. The average molecular weight is 230 g/mol. The van der Waals surface area contributed by atoms with Crippen LogP contribution in [-0.2, 0) is 11.2 Å². The van der Waals surface area contributed by atoms with E-state index in [0.717, 1.165) is 17.7 Å². The van der Waals surface area contributed by atoms with E-state index in [1.165, 1.54) is 11.1 Å². The second kappa shape index (κ2) is 4.31. The molecular weight excluding hydrogens is 216 g/mol. The molecule has 0 saturated heterocycles. The number of hydrogen-bond donors (Lipinski definition) is 1. The first-order valence-electron chi connectivity index (χ1n) is 5.74. The van der Waals surface area contributed by atoms with Crippen molar-refractivity contribution in [2.24, 2.45) is 5.73 Å². The van der Waals surface area contributed by atoms with Crippen LogP contribution in [0.4, 0.5) is 0 Å². The molecule has 2 N–H and O–H groups in total. The van der Waals surface area contributed by atoms with Crippen molar-refractivity contribution in [2.45, 2.75) is 12.5 Å². The first-order chi connectivity index (χ1) is 8.40. The highest BCUT2D eigenvalue weighted by Gasteiger charge is 2.22. The zero-order valence-corrected chi connectivity index (χ0v) is 9.43. The van der Waals surface area contributed by atoms with Gasteiger partial charge < -0.3 is 15.0 Å². The van der Waals surface area contributed by atoms with Gasteiger partial charge in [-0.1, -0.05) is 23.4 Å². The monoisotopic (exact) mass is 230 g/mol. The van der Waals surface area contributed by atoms with Gasteiger partial charge in [0, 0.05) is 18.2 Å². The van der Waals surface area contributed by atoms with Gasteiger partial charge in [0.05, 0.1) is 12.7 Å². The molecular formula is C13H14N2O2. The lowest BCUT2D eigenvalue weighted by atomic mass is 9.91. The summed E-state index contributed by atoms with van der Waals surface area (Å²) in [6, 6.07) is 8.04. The van der Waals surface area contributed by atoms with E-state index in [2.05, 4.69) is 17.3 Å². The Labute approximate surface area is 99.4 Å². The van der Waals surface area contributed by atoms with Crippen molar-refractivity contribution in [1.82, 2.24) is 5.16 Å². The van der Waals surface area contributed by atoms with E-state index < -0.39 is 0 Å². The van der Waals surface area contributed by atoms with Gasteiger partial charge in [-0.2, -0.15) is 0 Å². The van der Waals surface area contributed by atoms with Crippen molar-refractivity contribution in [3.05, 3.63) is 41.7 Å². The third-order valence-corrected chi connectivity index (χ3v) is 3.16. The molecule has 0 unspecified atom stereocenters. The van der Waals surface area contributed by atoms with E-state index in [-0.39, 0.29) is 6.10 Å². The molecule has 0 aliphatic carbocycles. The minimum absolute atomic E-state index is 0.00519. The largest absolute Gasteiger partial charge is 0.372 e. The number of hydrogen-bond acceptors (Lipinski definition) is 4. The summed E-state index contributed by atoms with van der Waals surface area (Å²) in [7, 11) is 0. The van der Waals surface area contributed by atoms with Crippen molar-refractivity contribution in [3.8, 4) is 11.3 Å². The van der Waals surface area contributed by atoms with Crippen LogP contribution >= 0.6 is 0 Å². The standard InChI is InChI=1S/C13H14N2O2/c14-8-13-11-3-1-2-10(9(11)4-6-16-13)12-5-7-17-15-12/h1-3,5,7,13H,4,6,8,14H2/t13-/m0/s1. The SMILES string of the molecule is NC[C@@H]1OCCc2c(-c3ccon3)cccc21. The molecule has 4 nitrogen and oxygen atoms in total. The van der Waals surface area contributed by atoms with Gasteiger partial charge in [0.25, 0.3) is 0 Å². The number of aromatic nitrogens is 1. The van der Waals surface area contributed by atoms with E-state index >= 15 is 0 Å². The van der Waals surface area contributed by atoms with Gasteiger partial charge in [0.15, 0.2) is 0 Å². The molecule has 3 rings (SSSR count). The fourth-order valence-electron chi connectivity index (χ4n) is 2.36. The first kappa shape index (κ1) is 10.5.